The molecule has 1 N–H and O–H groups in total. The van der Waals surface area contributed by atoms with Crippen LogP contribution in [0.25, 0.3) is 0 Å². The second-order valence-corrected chi connectivity index (χ2v) is 10.8. The van der Waals surface area contributed by atoms with Crippen molar-refractivity contribution in [2.24, 2.45) is 11.8 Å². The highest BCUT2D eigenvalue weighted by Gasteiger charge is 2.77. The lowest BCUT2D eigenvalue weighted by Crippen LogP contribution is -2.58. The standard InChI is InChI=1S/C25H37BrN2O6/c1-5-7-10-14-33-24(32)18-19-22(30)28(12-8-9-13-29)21(23(31)27(11-6-2)16(3)4)25(19)15-17(26)20(18)34-25/h5-6,16-21,29H,1-2,7-15H2,3-4H3/t17?,18-,19-,20-,21?,25?/m0/s1. The van der Waals surface area contributed by atoms with Crippen molar-refractivity contribution in [1.29, 1.82) is 0 Å². The number of rotatable bonds is 13. The van der Waals surface area contributed by atoms with E-state index in [0.717, 1.165) is 6.42 Å². The van der Waals surface area contributed by atoms with Crippen LogP contribution in [-0.4, -0.2) is 87.6 Å². The van der Waals surface area contributed by atoms with Gasteiger partial charge in [-0.2, -0.15) is 0 Å². The third-order valence-electron chi connectivity index (χ3n) is 7.13. The molecule has 0 aliphatic carbocycles. The lowest BCUT2D eigenvalue weighted by molar-refractivity contribution is -0.155. The molecule has 2 amide bonds. The highest BCUT2D eigenvalue weighted by molar-refractivity contribution is 9.09. The number of likely N-dealkylation sites (tertiary alicyclic amines) is 1. The Kier molecular flexibility index (Phi) is 8.98. The monoisotopic (exact) mass is 540 g/mol. The Hall–Kier alpha value is -1.71. The molecule has 3 aliphatic rings. The summed E-state index contributed by atoms with van der Waals surface area (Å²) in [5.74, 6) is -2.42. The Morgan fingerprint density at radius 3 is 2.68 bits per heavy atom. The first kappa shape index (κ1) is 26.9. The fourth-order valence-electron chi connectivity index (χ4n) is 5.66. The summed E-state index contributed by atoms with van der Waals surface area (Å²) in [4.78, 5) is 44.0. The maximum atomic E-state index is 13.9. The molecule has 6 atom stereocenters. The number of fused-ring (bicyclic) bond motifs is 1. The number of aliphatic hydroxyl groups excluding tert-OH is 1. The summed E-state index contributed by atoms with van der Waals surface area (Å²) in [5.41, 5.74) is -1.09. The van der Waals surface area contributed by atoms with Crippen molar-refractivity contribution in [3.8, 4) is 0 Å². The number of ether oxygens (including phenoxy) is 2. The van der Waals surface area contributed by atoms with Gasteiger partial charge in [-0.15, -0.1) is 13.2 Å². The number of unbranched alkanes of at least 4 members (excludes halogenated alkanes) is 2. The van der Waals surface area contributed by atoms with E-state index in [-0.39, 0.29) is 35.9 Å². The summed E-state index contributed by atoms with van der Waals surface area (Å²) in [7, 11) is 0. The van der Waals surface area contributed by atoms with Gasteiger partial charge in [0.15, 0.2) is 0 Å². The lowest BCUT2D eigenvalue weighted by Gasteiger charge is -2.38. The highest BCUT2D eigenvalue weighted by atomic mass is 79.9. The maximum Gasteiger partial charge on any atom is 0.312 e. The van der Waals surface area contributed by atoms with Crippen molar-refractivity contribution in [3.63, 3.8) is 0 Å². The fraction of sp³-hybridized carbons (Fsp3) is 0.720. The zero-order valence-corrected chi connectivity index (χ0v) is 21.7. The number of hydrogen-bond acceptors (Lipinski definition) is 6. The largest absolute Gasteiger partial charge is 0.465 e. The molecule has 0 radical (unpaired) electrons. The molecular weight excluding hydrogens is 504 g/mol. The van der Waals surface area contributed by atoms with Gasteiger partial charge >= 0.3 is 5.97 Å². The Labute approximate surface area is 210 Å². The molecular formula is C25H37BrN2O6. The van der Waals surface area contributed by atoms with Gasteiger partial charge in [0, 0.05) is 30.6 Å². The Bertz CT molecular complexity index is 804. The van der Waals surface area contributed by atoms with Crippen molar-refractivity contribution >= 4 is 33.7 Å². The summed E-state index contributed by atoms with van der Waals surface area (Å²) in [6.07, 6.45) is 5.83. The number of nitrogens with zero attached hydrogens (tertiary/aromatic N) is 2. The zero-order valence-electron chi connectivity index (χ0n) is 20.2. The van der Waals surface area contributed by atoms with Crippen LogP contribution >= 0.6 is 15.9 Å². The molecule has 3 heterocycles. The van der Waals surface area contributed by atoms with E-state index < -0.39 is 35.6 Å². The number of esters is 1. The molecule has 3 aliphatic heterocycles. The Morgan fingerprint density at radius 1 is 1.32 bits per heavy atom. The van der Waals surface area contributed by atoms with Crippen LogP contribution in [0.2, 0.25) is 0 Å². The Morgan fingerprint density at radius 2 is 2.06 bits per heavy atom. The number of halogens is 1. The molecule has 1 spiro atoms. The van der Waals surface area contributed by atoms with Crippen molar-refractivity contribution in [1.82, 2.24) is 9.80 Å². The number of allylic oxidation sites excluding steroid dienone is 1. The zero-order chi connectivity index (χ0) is 25.0. The third-order valence-corrected chi connectivity index (χ3v) is 7.98. The van der Waals surface area contributed by atoms with E-state index in [1.165, 1.54) is 0 Å². The number of aliphatic hydroxyl groups is 1. The van der Waals surface area contributed by atoms with Crippen LogP contribution in [0.5, 0.6) is 0 Å². The molecule has 190 valence electrons. The van der Waals surface area contributed by atoms with Gasteiger partial charge in [0.2, 0.25) is 11.8 Å². The molecule has 9 heteroatoms. The summed E-state index contributed by atoms with van der Waals surface area (Å²) in [6.45, 7) is 12.2. The molecule has 8 nitrogen and oxygen atoms in total. The van der Waals surface area contributed by atoms with E-state index in [2.05, 4.69) is 29.1 Å². The van der Waals surface area contributed by atoms with Gasteiger partial charge in [-0.3, -0.25) is 14.4 Å². The smallest absolute Gasteiger partial charge is 0.312 e. The predicted octanol–water partition coefficient (Wildman–Crippen LogP) is 2.44. The molecule has 3 fully saturated rings. The number of carbonyl (C=O) groups excluding carboxylic acids is 3. The average molecular weight is 541 g/mol. The second kappa shape index (κ2) is 11.4. The molecule has 3 saturated heterocycles. The quantitative estimate of drug-likeness (QED) is 0.167. The first-order valence-corrected chi connectivity index (χ1v) is 13.1. The van der Waals surface area contributed by atoms with Gasteiger partial charge in [0.25, 0.3) is 0 Å². The third kappa shape index (κ3) is 4.71. The van der Waals surface area contributed by atoms with Gasteiger partial charge < -0.3 is 24.4 Å². The van der Waals surface area contributed by atoms with Gasteiger partial charge in [0.05, 0.1) is 24.5 Å². The van der Waals surface area contributed by atoms with E-state index in [0.29, 0.717) is 38.8 Å². The number of carbonyl (C=O) groups is 3. The van der Waals surface area contributed by atoms with Crippen LogP contribution in [0.3, 0.4) is 0 Å². The van der Waals surface area contributed by atoms with E-state index in [9.17, 15) is 19.5 Å². The molecule has 0 aromatic rings. The Balaban J connectivity index is 1.96. The minimum Gasteiger partial charge on any atom is -0.465 e. The van der Waals surface area contributed by atoms with Crippen LogP contribution in [0, 0.1) is 11.8 Å². The fourth-order valence-corrected chi connectivity index (χ4v) is 6.60. The molecule has 0 saturated carbocycles. The lowest BCUT2D eigenvalue weighted by atomic mass is 9.70. The number of amides is 2. The highest BCUT2D eigenvalue weighted by Crippen LogP contribution is 2.60. The minimum atomic E-state index is -1.09. The molecule has 0 aromatic heterocycles. The summed E-state index contributed by atoms with van der Waals surface area (Å²) < 4.78 is 12.0. The van der Waals surface area contributed by atoms with Crippen molar-refractivity contribution in [2.45, 2.75) is 74.6 Å². The first-order chi connectivity index (χ1) is 16.2. The molecule has 0 aromatic carbocycles. The van der Waals surface area contributed by atoms with Gasteiger partial charge in [-0.1, -0.05) is 28.1 Å². The van der Waals surface area contributed by atoms with Crippen LogP contribution in [0.1, 0.15) is 46.0 Å². The number of hydrogen-bond donors (Lipinski definition) is 1. The van der Waals surface area contributed by atoms with E-state index >= 15 is 0 Å². The van der Waals surface area contributed by atoms with E-state index in [1.807, 2.05) is 13.8 Å². The normalized spacial score (nSPS) is 31.6. The summed E-state index contributed by atoms with van der Waals surface area (Å²) in [6, 6.07) is -0.936. The summed E-state index contributed by atoms with van der Waals surface area (Å²) in [5, 5.41) is 9.26. The van der Waals surface area contributed by atoms with E-state index in [1.54, 1.807) is 22.0 Å². The topological polar surface area (TPSA) is 96.4 Å². The molecule has 2 bridgehead atoms. The van der Waals surface area contributed by atoms with E-state index in [4.69, 9.17) is 9.47 Å². The molecule has 34 heavy (non-hydrogen) atoms. The number of alkyl halides is 1. The minimum absolute atomic E-state index is 0.00546. The second-order valence-electron chi connectivity index (χ2n) is 9.60. The van der Waals surface area contributed by atoms with Crippen LogP contribution in [0.15, 0.2) is 25.3 Å². The van der Waals surface area contributed by atoms with Crippen molar-refractivity contribution in [3.05, 3.63) is 25.3 Å². The molecule has 3 rings (SSSR count). The average Bonchev–Trinajstić information content (AvgIpc) is 3.38. The molecule has 3 unspecified atom stereocenters. The van der Waals surface area contributed by atoms with Gasteiger partial charge in [0.1, 0.15) is 11.6 Å². The van der Waals surface area contributed by atoms with Crippen LogP contribution < -0.4 is 0 Å². The van der Waals surface area contributed by atoms with Crippen molar-refractivity contribution in [2.75, 3.05) is 26.3 Å². The maximum absolute atomic E-state index is 13.9. The SMILES string of the molecule is C=CCCCOC(=O)[C@H]1[C@H]2C(=O)N(CCCCO)C(C(=O)N(CC=C)C(C)C)C23CC(Br)[C@@H]1O3. The predicted molar refractivity (Wildman–Crippen MR) is 131 cm³/mol. The van der Waals surface area contributed by atoms with Gasteiger partial charge in [-0.25, -0.2) is 0 Å². The van der Waals surface area contributed by atoms with Gasteiger partial charge in [-0.05, 0) is 46.0 Å². The van der Waals surface area contributed by atoms with Crippen LogP contribution in [-0.2, 0) is 23.9 Å². The summed E-state index contributed by atoms with van der Waals surface area (Å²) >= 11 is 3.66. The first-order valence-electron chi connectivity index (χ1n) is 12.2. The van der Waals surface area contributed by atoms with Crippen molar-refractivity contribution < 1.29 is 29.0 Å². The van der Waals surface area contributed by atoms with Crippen LogP contribution in [0.4, 0.5) is 0 Å².